The van der Waals surface area contributed by atoms with E-state index in [0.29, 0.717) is 23.8 Å². The highest BCUT2D eigenvalue weighted by Gasteiger charge is 2.08. The molecule has 0 spiro atoms. The van der Waals surface area contributed by atoms with Crippen LogP contribution in [0.15, 0.2) is 24.3 Å². The van der Waals surface area contributed by atoms with Crippen LogP contribution in [-0.2, 0) is 4.79 Å². The second kappa shape index (κ2) is 9.82. The number of nitrogens with one attached hydrogen (secondary N) is 1. The summed E-state index contributed by atoms with van der Waals surface area (Å²) in [5.74, 6) is 1.04. The Morgan fingerprint density at radius 1 is 1.33 bits per heavy atom. The maximum absolute atomic E-state index is 11.7. The number of carbonyl (C=O) groups excluding carboxylic acids is 1. The van der Waals surface area contributed by atoms with Crippen molar-refractivity contribution in [2.45, 2.75) is 39.5 Å². The second-order valence-corrected chi connectivity index (χ2v) is 5.15. The Morgan fingerprint density at radius 3 is 2.62 bits per heavy atom. The SMILES string of the molecule is CCCCC(CC)CNC(=O)COc1ccc(C#N)cc1. The Balaban J connectivity index is 2.28. The van der Waals surface area contributed by atoms with Gasteiger partial charge in [0.05, 0.1) is 11.6 Å². The molecule has 0 radical (unpaired) electrons. The zero-order chi connectivity index (χ0) is 15.5. The summed E-state index contributed by atoms with van der Waals surface area (Å²) in [6.45, 7) is 5.05. The molecule has 1 aromatic rings. The maximum atomic E-state index is 11.7. The standard InChI is InChI=1S/C17H24N2O2/c1-3-5-6-14(4-2)12-19-17(20)13-21-16-9-7-15(11-18)8-10-16/h7-10,14H,3-6,12-13H2,1-2H3,(H,19,20). The lowest BCUT2D eigenvalue weighted by molar-refractivity contribution is -0.123. The number of nitrogens with zero attached hydrogens (tertiary/aromatic N) is 1. The van der Waals surface area contributed by atoms with Crippen molar-refractivity contribution < 1.29 is 9.53 Å². The molecule has 4 heteroatoms. The van der Waals surface area contributed by atoms with E-state index < -0.39 is 0 Å². The zero-order valence-corrected chi connectivity index (χ0v) is 12.9. The van der Waals surface area contributed by atoms with E-state index in [-0.39, 0.29) is 12.5 Å². The maximum Gasteiger partial charge on any atom is 0.257 e. The molecule has 1 aromatic carbocycles. The molecule has 114 valence electrons. The molecular weight excluding hydrogens is 264 g/mol. The van der Waals surface area contributed by atoms with Gasteiger partial charge in [-0.25, -0.2) is 0 Å². The normalized spacial score (nSPS) is 11.5. The minimum absolute atomic E-state index is 0.0100. The Morgan fingerprint density at radius 2 is 2.05 bits per heavy atom. The van der Waals surface area contributed by atoms with Gasteiger partial charge in [0.25, 0.3) is 5.91 Å². The number of rotatable bonds is 9. The van der Waals surface area contributed by atoms with Gasteiger partial charge in [0.1, 0.15) is 5.75 Å². The van der Waals surface area contributed by atoms with Gasteiger partial charge in [-0.15, -0.1) is 0 Å². The Kier molecular flexibility index (Phi) is 7.96. The van der Waals surface area contributed by atoms with Crippen LogP contribution >= 0.6 is 0 Å². The van der Waals surface area contributed by atoms with Crippen molar-refractivity contribution in [1.29, 1.82) is 5.26 Å². The fourth-order valence-corrected chi connectivity index (χ4v) is 2.03. The van der Waals surface area contributed by atoms with Crippen LogP contribution in [0, 0.1) is 17.2 Å². The van der Waals surface area contributed by atoms with Crippen LogP contribution < -0.4 is 10.1 Å². The molecule has 0 aromatic heterocycles. The van der Waals surface area contributed by atoms with Gasteiger partial charge in [-0.05, 0) is 36.6 Å². The highest BCUT2D eigenvalue weighted by molar-refractivity contribution is 5.77. The number of unbranched alkanes of at least 4 members (excludes halogenated alkanes) is 1. The van der Waals surface area contributed by atoms with Crippen molar-refractivity contribution in [2.24, 2.45) is 5.92 Å². The summed E-state index contributed by atoms with van der Waals surface area (Å²) in [7, 11) is 0. The molecule has 0 aliphatic rings. The van der Waals surface area contributed by atoms with Crippen molar-refractivity contribution in [3.05, 3.63) is 29.8 Å². The lowest BCUT2D eigenvalue weighted by Crippen LogP contribution is -2.33. The predicted octanol–water partition coefficient (Wildman–Crippen LogP) is 3.27. The van der Waals surface area contributed by atoms with Gasteiger partial charge in [0.2, 0.25) is 0 Å². The lowest BCUT2D eigenvalue weighted by atomic mass is 9.99. The van der Waals surface area contributed by atoms with Crippen molar-refractivity contribution in [2.75, 3.05) is 13.2 Å². The average Bonchev–Trinajstić information content (AvgIpc) is 2.53. The predicted molar refractivity (Wildman–Crippen MR) is 83.0 cm³/mol. The molecule has 1 N–H and O–H groups in total. The van der Waals surface area contributed by atoms with Crippen molar-refractivity contribution >= 4 is 5.91 Å². The molecular formula is C17H24N2O2. The number of benzene rings is 1. The first-order valence-electron chi connectivity index (χ1n) is 7.59. The molecule has 0 bridgehead atoms. The summed E-state index contributed by atoms with van der Waals surface area (Å²) < 4.78 is 5.39. The van der Waals surface area contributed by atoms with Crippen molar-refractivity contribution in [3.63, 3.8) is 0 Å². The molecule has 1 unspecified atom stereocenters. The van der Waals surface area contributed by atoms with Crippen LogP contribution in [-0.4, -0.2) is 19.1 Å². The van der Waals surface area contributed by atoms with Crippen molar-refractivity contribution in [1.82, 2.24) is 5.32 Å². The van der Waals surface area contributed by atoms with Gasteiger partial charge < -0.3 is 10.1 Å². The quantitative estimate of drug-likeness (QED) is 0.758. The summed E-state index contributed by atoms with van der Waals surface area (Å²) in [4.78, 5) is 11.7. The molecule has 0 fully saturated rings. The van der Waals surface area contributed by atoms with Gasteiger partial charge in [0.15, 0.2) is 6.61 Å². The molecule has 0 aliphatic heterocycles. The van der Waals surface area contributed by atoms with Gasteiger partial charge in [-0.2, -0.15) is 5.26 Å². The minimum Gasteiger partial charge on any atom is -0.484 e. The summed E-state index contributed by atoms with van der Waals surface area (Å²) in [6.07, 6.45) is 4.63. The van der Waals surface area contributed by atoms with E-state index in [1.807, 2.05) is 6.07 Å². The van der Waals surface area contributed by atoms with Crippen LogP contribution in [0.4, 0.5) is 0 Å². The first-order chi connectivity index (χ1) is 10.2. The highest BCUT2D eigenvalue weighted by Crippen LogP contribution is 2.12. The van der Waals surface area contributed by atoms with Crippen LogP contribution in [0.5, 0.6) is 5.75 Å². The Hall–Kier alpha value is -2.02. The molecule has 4 nitrogen and oxygen atoms in total. The van der Waals surface area contributed by atoms with E-state index in [1.165, 1.54) is 12.8 Å². The molecule has 0 saturated carbocycles. The molecule has 1 amide bonds. The zero-order valence-electron chi connectivity index (χ0n) is 12.9. The van der Waals surface area contributed by atoms with E-state index >= 15 is 0 Å². The Bertz CT molecular complexity index is 463. The average molecular weight is 288 g/mol. The van der Waals surface area contributed by atoms with Crippen molar-refractivity contribution in [3.8, 4) is 11.8 Å². The number of ether oxygens (including phenoxy) is 1. The van der Waals surface area contributed by atoms with E-state index in [4.69, 9.17) is 10.00 Å². The molecule has 0 heterocycles. The van der Waals surface area contributed by atoms with E-state index in [0.717, 1.165) is 12.8 Å². The fraction of sp³-hybridized carbons (Fsp3) is 0.529. The first-order valence-corrected chi connectivity index (χ1v) is 7.59. The lowest BCUT2D eigenvalue weighted by Gasteiger charge is -2.15. The van der Waals surface area contributed by atoms with E-state index in [2.05, 4.69) is 19.2 Å². The fourth-order valence-electron chi connectivity index (χ4n) is 2.03. The monoisotopic (exact) mass is 288 g/mol. The molecule has 1 atom stereocenters. The van der Waals surface area contributed by atoms with Crippen LogP contribution in [0.25, 0.3) is 0 Å². The van der Waals surface area contributed by atoms with Gasteiger partial charge in [-0.1, -0.05) is 33.1 Å². The van der Waals surface area contributed by atoms with Gasteiger partial charge in [-0.3, -0.25) is 4.79 Å². The number of carbonyl (C=O) groups is 1. The van der Waals surface area contributed by atoms with E-state index in [1.54, 1.807) is 24.3 Å². The minimum atomic E-state index is -0.102. The van der Waals surface area contributed by atoms with Crippen LogP contribution in [0.3, 0.4) is 0 Å². The largest absolute Gasteiger partial charge is 0.484 e. The third kappa shape index (κ3) is 6.80. The second-order valence-electron chi connectivity index (χ2n) is 5.15. The number of hydrogen-bond acceptors (Lipinski definition) is 3. The topological polar surface area (TPSA) is 62.1 Å². The summed E-state index contributed by atoms with van der Waals surface area (Å²) >= 11 is 0. The van der Waals surface area contributed by atoms with Gasteiger partial charge in [0, 0.05) is 6.54 Å². The smallest absolute Gasteiger partial charge is 0.257 e. The molecule has 21 heavy (non-hydrogen) atoms. The first kappa shape index (κ1) is 17.0. The van der Waals surface area contributed by atoms with Gasteiger partial charge >= 0.3 is 0 Å². The Labute approximate surface area is 127 Å². The van der Waals surface area contributed by atoms with E-state index in [9.17, 15) is 4.79 Å². The third-order valence-electron chi connectivity index (χ3n) is 3.48. The summed E-state index contributed by atoms with van der Waals surface area (Å²) in [6, 6.07) is 8.78. The molecule has 1 rings (SSSR count). The highest BCUT2D eigenvalue weighted by atomic mass is 16.5. The van der Waals surface area contributed by atoms with Crippen LogP contribution in [0.2, 0.25) is 0 Å². The molecule has 0 aliphatic carbocycles. The number of nitriles is 1. The third-order valence-corrected chi connectivity index (χ3v) is 3.48. The number of hydrogen-bond donors (Lipinski definition) is 1. The molecule has 0 saturated heterocycles. The number of amides is 1. The summed E-state index contributed by atoms with van der Waals surface area (Å²) in [5, 5.41) is 11.6. The van der Waals surface area contributed by atoms with Crippen LogP contribution in [0.1, 0.15) is 45.1 Å². The summed E-state index contributed by atoms with van der Waals surface area (Å²) in [5.41, 5.74) is 0.577.